The Morgan fingerprint density at radius 3 is 2.12 bits per heavy atom. The molecule has 0 aromatic carbocycles. The average molecular weight is 377 g/mol. The van der Waals surface area contributed by atoms with Gasteiger partial charge in [-0.15, -0.1) is 0 Å². The molecule has 0 aromatic heterocycles. The highest BCUT2D eigenvalue weighted by molar-refractivity contribution is 7.80. The van der Waals surface area contributed by atoms with Crippen LogP contribution in [0.15, 0.2) is 16.8 Å². The van der Waals surface area contributed by atoms with E-state index in [1.54, 1.807) is 0 Å². The highest BCUT2D eigenvalue weighted by Gasteiger charge is 2.76. The van der Waals surface area contributed by atoms with Crippen molar-refractivity contribution in [1.29, 1.82) is 0 Å². The van der Waals surface area contributed by atoms with Gasteiger partial charge in [-0.25, -0.2) is 0 Å². The SMILES string of the molecule is CC1=C/C(=N\NC(N)=S)[C@H](C(O)(C(F)(F)F)C(F)(F)F)C(C)(C)C1. The van der Waals surface area contributed by atoms with E-state index in [4.69, 9.17) is 5.73 Å². The van der Waals surface area contributed by atoms with Gasteiger partial charge in [-0.3, -0.25) is 5.43 Å². The minimum Gasteiger partial charge on any atom is -0.375 e. The van der Waals surface area contributed by atoms with E-state index < -0.39 is 40.1 Å². The zero-order valence-corrected chi connectivity index (χ0v) is 13.8. The molecule has 0 amide bonds. The van der Waals surface area contributed by atoms with Crippen LogP contribution in [-0.2, 0) is 0 Å². The normalized spacial score (nSPS) is 23.8. The van der Waals surface area contributed by atoms with E-state index in [0.717, 1.165) is 6.08 Å². The number of nitrogens with two attached hydrogens (primary N) is 1. The second kappa shape index (κ2) is 6.17. The number of alkyl halides is 6. The molecular weight excluding hydrogens is 360 g/mol. The van der Waals surface area contributed by atoms with Crippen molar-refractivity contribution in [2.24, 2.45) is 22.2 Å². The maximum Gasteiger partial charge on any atom is 0.426 e. The van der Waals surface area contributed by atoms with E-state index in [2.05, 4.69) is 17.3 Å². The number of nitrogens with one attached hydrogen (secondary N) is 1. The van der Waals surface area contributed by atoms with Crippen molar-refractivity contribution >= 4 is 23.0 Å². The molecule has 0 spiro atoms. The van der Waals surface area contributed by atoms with Crippen molar-refractivity contribution in [3.8, 4) is 0 Å². The second-order valence-electron chi connectivity index (χ2n) is 6.36. The molecule has 4 nitrogen and oxygen atoms in total. The number of hydrogen-bond acceptors (Lipinski definition) is 3. The Hall–Kier alpha value is -1.36. The van der Waals surface area contributed by atoms with Gasteiger partial charge >= 0.3 is 12.4 Å². The standard InChI is InChI=1S/C13H17F6N3OS/c1-6-4-7(21-22-9(20)24)8(10(2,3)5-6)11(23,12(14,15)16)13(17,18)19/h4,8,23H,5H2,1-3H3,(H3,20,22,24)/b21-7+/t8-/m0/s1. The molecule has 0 heterocycles. The Bertz CT molecular complexity index is 565. The van der Waals surface area contributed by atoms with Gasteiger partial charge in [0.1, 0.15) is 0 Å². The molecule has 1 aliphatic rings. The van der Waals surface area contributed by atoms with E-state index in [1.807, 2.05) is 5.43 Å². The molecular formula is C13H17F6N3OS. The molecule has 138 valence electrons. The number of allylic oxidation sites excluding steroid dienone is 2. The topological polar surface area (TPSA) is 70.6 Å². The Morgan fingerprint density at radius 2 is 1.75 bits per heavy atom. The number of hydrogen-bond donors (Lipinski definition) is 3. The van der Waals surface area contributed by atoms with Crippen molar-refractivity contribution in [2.75, 3.05) is 0 Å². The van der Waals surface area contributed by atoms with Gasteiger partial charge in [0.05, 0.1) is 11.6 Å². The summed E-state index contributed by atoms with van der Waals surface area (Å²) in [6.07, 6.45) is -11.0. The van der Waals surface area contributed by atoms with Gasteiger partial charge in [0.2, 0.25) is 0 Å². The van der Waals surface area contributed by atoms with Crippen molar-refractivity contribution in [2.45, 2.75) is 45.1 Å². The maximum absolute atomic E-state index is 13.3. The van der Waals surface area contributed by atoms with Gasteiger partial charge in [0, 0.05) is 0 Å². The Balaban J connectivity index is 3.68. The summed E-state index contributed by atoms with van der Waals surface area (Å²) in [6.45, 7) is 3.94. The van der Waals surface area contributed by atoms with E-state index >= 15 is 0 Å². The van der Waals surface area contributed by atoms with Crippen LogP contribution in [-0.4, -0.2) is 33.9 Å². The van der Waals surface area contributed by atoms with Gasteiger partial charge in [0.25, 0.3) is 5.60 Å². The fraction of sp³-hybridized carbons (Fsp3) is 0.692. The van der Waals surface area contributed by atoms with Crippen LogP contribution in [0.4, 0.5) is 26.3 Å². The van der Waals surface area contributed by atoms with Crippen LogP contribution >= 0.6 is 12.2 Å². The van der Waals surface area contributed by atoms with Crippen molar-refractivity contribution in [3.05, 3.63) is 11.6 Å². The third kappa shape index (κ3) is 3.66. The Kier molecular flexibility index (Phi) is 5.32. The van der Waals surface area contributed by atoms with Gasteiger partial charge in [-0.1, -0.05) is 19.4 Å². The second-order valence-corrected chi connectivity index (χ2v) is 6.80. The number of hydrazone groups is 1. The summed E-state index contributed by atoms with van der Waals surface area (Å²) in [5.74, 6) is -2.41. The summed E-state index contributed by atoms with van der Waals surface area (Å²) >= 11 is 4.46. The molecule has 4 N–H and O–H groups in total. The molecule has 0 aromatic rings. The van der Waals surface area contributed by atoms with Crippen LogP contribution in [0.1, 0.15) is 27.2 Å². The first-order valence-electron chi connectivity index (χ1n) is 6.70. The minimum absolute atomic E-state index is 0.0851. The quantitative estimate of drug-likeness (QED) is 0.393. The first kappa shape index (κ1) is 20.7. The Labute approximate surface area is 139 Å². The van der Waals surface area contributed by atoms with Crippen LogP contribution in [0.5, 0.6) is 0 Å². The summed E-state index contributed by atoms with van der Waals surface area (Å²) in [7, 11) is 0. The first-order chi connectivity index (χ1) is 10.5. The summed E-state index contributed by atoms with van der Waals surface area (Å²) in [6, 6.07) is 0. The van der Waals surface area contributed by atoms with E-state index in [0.29, 0.717) is 5.57 Å². The number of nitrogens with zero attached hydrogens (tertiary/aromatic N) is 1. The summed E-state index contributed by atoms with van der Waals surface area (Å²) in [4.78, 5) is 0. The van der Waals surface area contributed by atoms with Crippen molar-refractivity contribution < 1.29 is 31.4 Å². The fourth-order valence-electron chi connectivity index (χ4n) is 3.09. The fourth-order valence-corrected chi connectivity index (χ4v) is 3.14. The lowest BCUT2D eigenvalue weighted by molar-refractivity contribution is -0.385. The lowest BCUT2D eigenvalue weighted by Crippen LogP contribution is -2.67. The van der Waals surface area contributed by atoms with Crippen molar-refractivity contribution in [1.82, 2.24) is 5.43 Å². The zero-order chi connectivity index (χ0) is 19.1. The number of aliphatic hydroxyl groups is 1. The third-order valence-electron chi connectivity index (χ3n) is 3.78. The predicted octanol–water partition coefficient (Wildman–Crippen LogP) is 3.02. The molecule has 0 radical (unpaired) electrons. The van der Waals surface area contributed by atoms with Gasteiger partial charge < -0.3 is 10.8 Å². The number of rotatable bonds is 2. The zero-order valence-electron chi connectivity index (χ0n) is 13.0. The average Bonchev–Trinajstić information content (AvgIpc) is 2.30. The highest BCUT2D eigenvalue weighted by atomic mass is 32.1. The predicted molar refractivity (Wildman–Crippen MR) is 80.1 cm³/mol. The summed E-state index contributed by atoms with van der Waals surface area (Å²) in [5.41, 5.74) is 0.421. The third-order valence-corrected chi connectivity index (χ3v) is 3.87. The Morgan fingerprint density at radius 1 is 1.29 bits per heavy atom. The molecule has 0 unspecified atom stereocenters. The maximum atomic E-state index is 13.3. The number of thiocarbonyl (C=S) groups is 1. The molecule has 0 fully saturated rings. The lowest BCUT2D eigenvalue weighted by atomic mass is 9.61. The molecule has 0 aliphatic heterocycles. The monoisotopic (exact) mass is 377 g/mol. The lowest BCUT2D eigenvalue weighted by Gasteiger charge is -2.48. The number of halogens is 6. The van der Waals surface area contributed by atoms with Crippen LogP contribution in [0.25, 0.3) is 0 Å². The minimum atomic E-state index is -5.96. The molecule has 11 heteroatoms. The van der Waals surface area contributed by atoms with Gasteiger partial charge in [0.15, 0.2) is 5.11 Å². The van der Waals surface area contributed by atoms with Gasteiger partial charge in [-0.2, -0.15) is 31.4 Å². The molecule has 0 bridgehead atoms. The van der Waals surface area contributed by atoms with E-state index in [1.165, 1.54) is 20.8 Å². The largest absolute Gasteiger partial charge is 0.426 e. The molecule has 0 saturated heterocycles. The van der Waals surface area contributed by atoms with Crippen molar-refractivity contribution in [3.63, 3.8) is 0 Å². The molecule has 24 heavy (non-hydrogen) atoms. The van der Waals surface area contributed by atoms with E-state index in [-0.39, 0.29) is 6.42 Å². The molecule has 1 rings (SSSR count). The molecule has 1 atom stereocenters. The summed E-state index contributed by atoms with van der Waals surface area (Å²) in [5, 5.41) is 12.8. The van der Waals surface area contributed by atoms with Crippen LogP contribution in [0.2, 0.25) is 0 Å². The molecule has 0 saturated carbocycles. The molecule has 1 aliphatic carbocycles. The van der Waals surface area contributed by atoms with Crippen LogP contribution < -0.4 is 11.2 Å². The highest BCUT2D eigenvalue weighted by Crippen LogP contribution is 2.55. The first-order valence-corrected chi connectivity index (χ1v) is 7.11. The van der Waals surface area contributed by atoms with Crippen LogP contribution in [0, 0.1) is 11.3 Å². The van der Waals surface area contributed by atoms with Gasteiger partial charge in [-0.05, 0) is 37.1 Å². The summed E-state index contributed by atoms with van der Waals surface area (Å²) < 4.78 is 79.7. The smallest absolute Gasteiger partial charge is 0.375 e. The van der Waals surface area contributed by atoms with Crippen LogP contribution in [0.3, 0.4) is 0 Å². The van der Waals surface area contributed by atoms with E-state index in [9.17, 15) is 31.4 Å².